The lowest BCUT2D eigenvalue weighted by Crippen LogP contribution is -2.30. The van der Waals surface area contributed by atoms with Gasteiger partial charge in [-0.2, -0.15) is 0 Å². The lowest BCUT2D eigenvalue weighted by atomic mass is 9.93. The maximum atomic E-state index is 12.5. The highest BCUT2D eigenvalue weighted by Crippen LogP contribution is 2.51. The number of para-hydroxylation sites is 2. The minimum atomic E-state index is -2.84. The van der Waals surface area contributed by atoms with Gasteiger partial charge in [-0.3, -0.25) is 0 Å². The SMILES string of the molecule is O[P+](c1ccccc1)(c1ccccc1)c1ccc(-c2cccc3c2nc(-c2ccccc2)c2ccc4oc5ccccc5c4c23)cc1. The second kappa shape index (κ2) is 11.0. The molecule has 2 heterocycles. The first-order chi connectivity index (χ1) is 23.2. The summed E-state index contributed by atoms with van der Waals surface area (Å²) in [6.45, 7) is 0. The van der Waals surface area contributed by atoms with Crippen molar-refractivity contribution in [3.05, 3.63) is 170 Å². The maximum Gasteiger partial charge on any atom is 0.238 e. The topological polar surface area (TPSA) is 46.3 Å². The smallest absolute Gasteiger partial charge is 0.238 e. The summed E-state index contributed by atoms with van der Waals surface area (Å²) in [6, 6.07) is 57.8. The summed E-state index contributed by atoms with van der Waals surface area (Å²) in [6.07, 6.45) is 0. The predicted octanol–water partition coefficient (Wildman–Crippen LogP) is 9.82. The van der Waals surface area contributed by atoms with Crippen LogP contribution < -0.4 is 15.9 Å². The number of benzene rings is 7. The summed E-state index contributed by atoms with van der Waals surface area (Å²) in [5, 5.41) is 8.29. The normalized spacial score (nSPS) is 11.9. The van der Waals surface area contributed by atoms with Crippen LogP contribution in [-0.2, 0) is 0 Å². The third-order valence-electron chi connectivity index (χ3n) is 9.19. The van der Waals surface area contributed by atoms with Crippen LogP contribution in [0.3, 0.4) is 0 Å². The number of hydrogen-bond acceptors (Lipinski definition) is 3. The van der Waals surface area contributed by atoms with E-state index in [1.807, 2.05) is 78.9 Å². The molecule has 0 unspecified atom stereocenters. The van der Waals surface area contributed by atoms with Crippen LogP contribution in [0.1, 0.15) is 0 Å². The first-order valence-electron chi connectivity index (χ1n) is 15.8. The third-order valence-corrected chi connectivity index (χ3v) is 12.3. The van der Waals surface area contributed by atoms with E-state index >= 15 is 0 Å². The summed E-state index contributed by atoms with van der Waals surface area (Å²) in [4.78, 5) is 17.9. The van der Waals surface area contributed by atoms with Crippen LogP contribution >= 0.6 is 7.49 Å². The minimum absolute atomic E-state index is 0.866. The second-order valence-electron chi connectivity index (χ2n) is 11.8. The predicted molar refractivity (Wildman–Crippen MR) is 198 cm³/mol. The molecule has 0 bridgehead atoms. The van der Waals surface area contributed by atoms with E-state index in [1.165, 1.54) is 0 Å². The van der Waals surface area contributed by atoms with E-state index in [-0.39, 0.29) is 0 Å². The van der Waals surface area contributed by atoms with E-state index in [2.05, 4.69) is 91.0 Å². The van der Waals surface area contributed by atoms with Gasteiger partial charge in [-0.05, 0) is 60.2 Å². The van der Waals surface area contributed by atoms with Crippen molar-refractivity contribution in [2.45, 2.75) is 0 Å². The molecule has 222 valence electrons. The van der Waals surface area contributed by atoms with Crippen LogP contribution in [0, 0.1) is 0 Å². The Morgan fingerprint density at radius 2 is 1.02 bits per heavy atom. The van der Waals surface area contributed by atoms with Crippen molar-refractivity contribution in [1.82, 2.24) is 4.98 Å². The molecular weight excluding hydrogens is 593 g/mol. The van der Waals surface area contributed by atoms with Crippen LogP contribution in [0.2, 0.25) is 0 Å². The Balaban J connectivity index is 1.30. The number of pyridine rings is 1. The molecule has 0 aliphatic heterocycles. The van der Waals surface area contributed by atoms with Gasteiger partial charge < -0.3 is 4.42 Å². The number of nitrogens with zero attached hydrogens (tertiary/aromatic N) is 1. The van der Waals surface area contributed by atoms with Gasteiger partial charge in [0.25, 0.3) is 0 Å². The minimum Gasteiger partial charge on any atom is -0.456 e. The van der Waals surface area contributed by atoms with Gasteiger partial charge in [0.05, 0.1) is 11.2 Å². The zero-order valence-electron chi connectivity index (χ0n) is 25.4. The van der Waals surface area contributed by atoms with Crippen LogP contribution in [0.15, 0.2) is 174 Å². The fourth-order valence-corrected chi connectivity index (χ4v) is 9.65. The highest BCUT2D eigenvalue weighted by Gasteiger charge is 2.44. The largest absolute Gasteiger partial charge is 0.456 e. The fourth-order valence-electron chi connectivity index (χ4n) is 6.97. The quantitative estimate of drug-likeness (QED) is 0.154. The van der Waals surface area contributed by atoms with Gasteiger partial charge in [-0.1, -0.05) is 115 Å². The van der Waals surface area contributed by atoms with E-state index in [9.17, 15) is 4.89 Å². The molecular formula is C43H29NO2P+. The molecule has 4 heteroatoms. The van der Waals surface area contributed by atoms with Crippen molar-refractivity contribution in [3.63, 3.8) is 0 Å². The van der Waals surface area contributed by atoms with Crippen molar-refractivity contribution in [2.24, 2.45) is 0 Å². The molecule has 0 amide bonds. The molecule has 2 aromatic heterocycles. The van der Waals surface area contributed by atoms with E-state index in [1.54, 1.807) is 0 Å². The Bertz CT molecular complexity index is 2520. The van der Waals surface area contributed by atoms with E-state index in [4.69, 9.17) is 9.40 Å². The summed E-state index contributed by atoms with van der Waals surface area (Å²) in [7, 11) is -2.84. The highest BCUT2D eigenvalue weighted by atomic mass is 31.2. The van der Waals surface area contributed by atoms with E-state index in [0.717, 1.165) is 81.9 Å². The molecule has 9 aromatic rings. The Morgan fingerprint density at radius 3 is 1.72 bits per heavy atom. The Morgan fingerprint density at radius 1 is 0.426 bits per heavy atom. The zero-order valence-corrected chi connectivity index (χ0v) is 26.3. The van der Waals surface area contributed by atoms with Gasteiger partial charge in [0.1, 0.15) is 27.1 Å². The third kappa shape index (κ3) is 4.40. The molecule has 0 atom stereocenters. The average Bonchev–Trinajstić information content (AvgIpc) is 3.54. The molecule has 0 radical (unpaired) electrons. The molecule has 0 fully saturated rings. The average molecular weight is 623 g/mol. The first-order valence-corrected chi connectivity index (χ1v) is 17.5. The van der Waals surface area contributed by atoms with E-state index in [0.29, 0.717) is 0 Å². The van der Waals surface area contributed by atoms with Gasteiger partial charge in [0, 0.05) is 38.1 Å². The Labute approximate surface area is 272 Å². The molecule has 1 N–H and O–H groups in total. The number of furan rings is 1. The van der Waals surface area contributed by atoms with Gasteiger partial charge in [-0.25, -0.2) is 9.88 Å². The molecule has 7 aromatic carbocycles. The van der Waals surface area contributed by atoms with E-state index < -0.39 is 7.49 Å². The van der Waals surface area contributed by atoms with Crippen molar-refractivity contribution in [1.29, 1.82) is 0 Å². The summed E-state index contributed by atoms with van der Waals surface area (Å²) in [5.74, 6) is 0. The molecule has 0 spiro atoms. The lowest BCUT2D eigenvalue weighted by molar-refractivity contribution is 0.633. The van der Waals surface area contributed by atoms with Crippen LogP contribution in [0.5, 0.6) is 0 Å². The number of aromatic nitrogens is 1. The van der Waals surface area contributed by atoms with Crippen molar-refractivity contribution >= 4 is 67.0 Å². The molecule has 0 saturated carbocycles. The monoisotopic (exact) mass is 622 g/mol. The van der Waals surface area contributed by atoms with Gasteiger partial charge >= 0.3 is 0 Å². The summed E-state index contributed by atoms with van der Waals surface area (Å²) in [5.41, 5.74) is 6.77. The number of hydrogen-bond donors (Lipinski definition) is 1. The first kappa shape index (κ1) is 27.7. The maximum absolute atomic E-state index is 12.5. The van der Waals surface area contributed by atoms with Crippen LogP contribution in [0.25, 0.3) is 66.0 Å². The highest BCUT2D eigenvalue weighted by molar-refractivity contribution is 7.91. The number of fused-ring (bicyclic) bond motifs is 7. The van der Waals surface area contributed by atoms with Gasteiger partial charge in [-0.15, -0.1) is 0 Å². The van der Waals surface area contributed by atoms with Gasteiger partial charge in [0.15, 0.2) is 0 Å². The summed E-state index contributed by atoms with van der Waals surface area (Å²) >= 11 is 0. The van der Waals surface area contributed by atoms with Crippen molar-refractivity contribution in [3.8, 4) is 22.4 Å². The molecule has 0 aliphatic rings. The van der Waals surface area contributed by atoms with Crippen molar-refractivity contribution in [2.75, 3.05) is 0 Å². The molecule has 9 rings (SSSR count). The molecule has 0 aliphatic carbocycles. The summed E-state index contributed by atoms with van der Waals surface area (Å²) < 4.78 is 6.35. The second-order valence-corrected chi connectivity index (χ2v) is 14.7. The Kier molecular flexibility index (Phi) is 6.50. The van der Waals surface area contributed by atoms with Gasteiger partial charge in [0.2, 0.25) is 7.49 Å². The Hall–Kier alpha value is -5.60. The van der Waals surface area contributed by atoms with Crippen molar-refractivity contribution < 1.29 is 9.31 Å². The molecule has 47 heavy (non-hydrogen) atoms. The fraction of sp³-hybridized carbons (Fsp3) is 0. The van der Waals surface area contributed by atoms with Crippen LogP contribution in [-0.4, -0.2) is 9.88 Å². The van der Waals surface area contributed by atoms with Crippen LogP contribution in [0.4, 0.5) is 0 Å². The lowest BCUT2D eigenvalue weighted by Gasteiger charge is -2.20. The number of rotatable bonds is 5. The standard InChI is InChI=1S/C43H29NO2P/c45-47(31-15-6-2-7-16-31,32-17-8-3-9-18-32)33-25-23-29(24-26-33)34-20-12-21-36-40-37(42(44-43(34)36)30-13-4-1-5-14-30)27-28-39-41(40)35-19-10-11-22-38(35)46-39/h1-28,45H/q+1. The molecule has 3 nitrogen and oxygen atoms in total. The molecule has 0 saturated heterocycles. The zero-order chi connectivity index (χ0) is 31.4.